The van der Waals surface area contributed by atoms with Crippen molar-refractivity contribution < 1.29 is 80.2 Å². The fourth-order valence-electron chi connectivity index (χ4n) is 10.4. The van der Waals surface area contributed by atoms with Crippen molar-refractivity contribution in [1.29, 1.82) is 0 Å². The second-order valence-corrected chi connectivity index (χ2v) is 28.1. The van der Waals surface area contributed by atoms with Crippen LogP contribution in [0.1, 0.15) is 356 Å². The lowest BCUT2D eigenvalue weighted by molar-refractivity contribution is -0.161. The molecule has 0 aromatic rings. The predicted molar refractivity (Wildman–Crippen MR) is 354 cm³/mol. The standard InChI is InChI=1S/C69H134O17P2/c1-6-10-13-16-19-21-23-24-25-26-27-28-29-30-31-33-40-45-50-55-69(74)86-65(59-80-67(72)53-48-43-38-35-34-37-41-46-51-62(5)9-4)61-84-88(77,78)82-57-63(70)56-81-87(75,76)83-60-64(58-79-66(71)52-47-42-36-18-15-12-8-3)85-68(73)54-49-44-39-32-22-20-17-14-11-7-2/h62-65,70H,6-61H2,1-5H3,(H,75,76)(H,77,78)/t62?,63-,64+,65+/m0/s1. The molecule has 0 saturated heterocycles. The SMILES string of the molecule is CCCCCCCCCCCCCCCCCCCCCC(=O)O[C@H](COC(=O)CCCCCCCCCCC(C)CC)COP(=O)(O)OC[C@@H](O)COP(=O)(O)OC[C@@H](COC(=O)CCCCCCCCC)OC(=O)CCCCCCCCCCCC. The minimum Gasteiger partial charge on any atom is -0.462 e. The van der Waals surface area contributed by atoms with Crippen molar-refractivity contribution >= 4 is 39.5 Å². The Morgan fingerprint density at radius 1 is 0.318 bits per heavy atom. The maximum absolute atomic E-state index is 13.0. The number of phosphoric acid groups is 2. The molecule has 0 amide bonds. The number of aliphatic hydroxyl groups excluding tert-OH is 1. The molecule has 3 unspecified atom stereocenters. The van der Waals surface area contributed by atoms with Crippen LogP contribution in [-0.2, 0) is 65.4 Å². The molecule has 0 aliphatic rings. The van der Waals surface area contributed by atoms with Crippen LogP contribution in [0.5, 0.6) is 0 Å². The summed E-state index contributed by atoms with van der Waals surface area (Å²) in [5.41, 5.74) is 0. The summed E-state index contributed by atoms with van der Waals surface area (Å²) >= 11 is 0. The average molecular weight is 1300 g/mol. The first-order valence-electron chi connectivity index (χ1n) is 36.2. The molecule has 0 aliphatic carbocycles. The van der Waals surface area contributed by atoms with Gasteiger partial charge in [-0.15, -0.1) is 0 Å². The van der Waals surface area contributed by atoms with Gasteiger partial charge in [-0.3, -0.25) is 37.3 Å². The molecule has 0 bridgehead atoms. The first-order valence-corrected chi connectivity index (χ1v) is 39.2. The highest BCUT2D eigenvalue weighted by Crippen LogP contribution is 2.45. The maximum atomic E-state index is 13.0. The van der Waals surface area contributed by atoms with Gasteiger partial charge in [0, 0.05) is 25.7 Å². The zero-order valence-corrected chi connectivity index (χ0v) is 58.6. The van der Waals surface area contributed by atoms with E-state index < -0.39 is 97.5 Å². The highest BCUT2D eigenvalue weighted by Gasteiger charge is 2.30. The summed E-state index contributed by atoms with van der Waals surface area (Å²) in [7, 11) is -9.89. The monoisotopic (exact) mass is 1300 g/mol. The van der Waals surface area contributed by atoms with Gasteiger partial charge in [0.15, 0.2) is 12.2 Å². The molecule has 0 aromatic carbocycles. The summed E-state index contributed by atoms with van der Waals surface area (Å²) in [5.74, 6) is -1.35. The number of phosphoric ester groups is 2. The summed E-state index contributed by atoms with van der Waals surface area (Å²) in [4.78, 5) is 72.3. The van der Waals surface area contributed by atoms with Gasteiger partial charge in [-0.05, 0) is 31.6 Å². The number of carbonyl (C=O) groups is 4. The van der Waals surface area contributed by atoms with Gasteiger partial charge in [-0.25, -0.2) is 9.13 Å². The molecule has 0 aromatic heterocycles. The second kappa shape index (κ2) is 62.5. The van der Waals surface area contributed by atoms with E-state index in [4.69, 9.17) is 37.0 Å². The van der Waals surface area contributed by atoms with E-state index in [1.807, 2.05) is 0 Å². The van der Waals surface area contributed by atoms with Crippen molar-refractivity contribution in [3.63, 3.8) is 0 Å². The van der Waals surface area contributed by atoms with Gasteiger partial charge >= 0.3 is 39.5 Å². The van der Waals surface area contributed by atoms with Crippen molar-refractivity contribution in [2.45, 2.75) is 374 Å². The summed E-state index contributed by atoms with van der Waals surface area (Å²) < 4.78 is 68.1. The molecule has 3 N–H and O–H groups in total. The van der Waals surface area contributed by atoms with Crippen LogP contribution in [0.15, 0.2) is 0 Å². The van der Waals surface area contributed by atoms with Gasteiger partial charge in [-0.1, -0.05) is 304 Å². The van der Waals surface area contributed by atoms with Gasteiger partial charge in [-0.2, -0.15) is 0 Å². The van der Waals surface area contributed by atoms with E-state index in [0.29, 0.717) is 25.7 Å². The molecule has 0 radical (unpaired) electrons. The van der Waals surface area contributed by atoms with E-state index in [1.54, 1.807) is 0 Å². The Kier molecular flexibility index (Phi) is 61.1. The summed E-state index contributed by atoms with van der Waals surface area (Å²) in [6, 6.07) is 0. The van der Waals surface area contributed by atoms with Gasteiger partial charge in [0.25, 0.3) is 0 Å². The summed E-state index contributed by atoms with van der Waals surface area (Å²) in [6.07, 6.45) is 48.7. The highest BCUT2D eigenvalue weighted by molar-refractivity contribution is 7.47. The van der Waals surface area contributed by atoms with E-state index in [1.165, 1.54) is 167 Å². The lowest BCUT2D eigenvalue weighted by Crippen LogP contribution is -2.30. The first-order chi connectivity index (χ1) is 42.6. The zero-order chi connectivity index (χ0) is 64.9. The van der Waals surface area contributed by atoms with Crippen LogP contribution in [0.4, 0.5) is 0 Å². The van der Waals surface area contributed by atoms with Crippen molar-refractivity contribution in [3.05, 3.63) is 0 Å². The lowest BCUT2D eigenvalue weighted by Gasteiger charge is -2.21. The third-order valence-electron chi connectivity index (χ3n) is 16.4. The quantitative estimate of drug-likeness (QED) is 0.0222. The average Bonchev–Trinajstić information content (AvgIpc) is 3.65. The fraction of sp³-hybridized carbons (Fsp3) is 0.942. The molecule has 0 saturated carbocycles. The van der Waals surface area contributed by atoms with Crippen molar-refractivity contribution in [1.82, 2.24) is 0 Å². The molecule has 17 nitrogen and oxygen atoms in total. The molecule has 0 fully saturated rings. The Bertz CT molecular complexity index is 1710. The minimum absolute atomic E-state index is 0.106. The van der Waals surface area contributed by atoms with Crippen LogP contribution in [0.2, 0.25) is 0 Å². The van der Waals surface area contributed by atoms with Crippen LogP contribution >= 0.6 is 15.6 Å². The van der Waals surface area contributed by atoms with Gasteiger partial charge in [0.1, 0.15) is 19.3 Å². The Hall–Kier alpha value is -1.94. The number of aliphatic hydroxyl groups is 1. The first kappa shape index (κ1) is 86.1. The molecule has 0 spiro atoms. The topological polar surface area (TPSA) is 237 Å². The Morgan fingerprint density at radius 2 is 0.545 bits per heavy atom. The smallest absolute Gasteiger partial charge is 0.462 e. The molecule has 88 heavy (non-hydrogen) atoms. The largest absolute Gasteiger partial charge is 0.472 e. The van der Waals surface area contributed by atoms with Crippen molar-refractivity contribution in [2.75, 3.05) is 39.6 Å². The lowest BCUT2D eigenvalue weighted by atomic mass is 9.99. The van der Waals surface area contributed by atoms with Gasteiger partial charge in [0.2, 0.25) is 0 Å². The molecule has 522 valence electrons. The van der Waals surface area contributed by atoms with Crippen molar-refractivity contribution in [3.8, 4) is 0 Å². The number of carbonyl (C=O) groups excluding carboxylic acids is 4. The van der Waals surface area contributed by atoms with Crippen LogP contribution in [0.25, 0.3) is 0 Å². The third kappa shape index (κ3) is 61.6. The zero-order valence-electron chi connectivity index (χ0n) is 56.9. The van der Waals surface area contributed by atoms with E-state index in [0.717, 1.165) is 109 Å². The minimum atomic E-state index is -4.95. The molecule has 6 atom stereocenters. The van der Waals surface area contributed by atoms with Crippen LogP contribution < -0.4 is 0 Å². The van der Waals surface area contributed by atoms with E-state index >= 15 is 0 Å². The molecule has 0 heterocycles. The van der Waals surface area contributed by atoms with Crippen molar-refractivity contribution in [2.24, 2.45) is 5.92 Å². The van der Waals surface area contributed by atoms with Crippen LogP contribution in [-0.4, -0.2) is 96.7 Å². The number of unbranched alkanes of at least 4 members (excludes halogenated alkanes) is 40. The van der Waals surface area contributed by atoms with E-state index in [2.05, 4.69) is 34.6 Å². The number of hydrogen-bond donors (Lipinski definition) is 3. The Morgan fingerprint density at radius 3 is 0.807 bits per heavy atom. The van der Waals surface area contributed by atoms with E-state index in [-0.39, 0.29) is 25.7 Å². The Labute approximate surface area is 537 Å². The van der Waals surface area contributed by atoms with Crippen LogP contribution in [0, 0.1) is 5.92 Å². The van der Waals surface area contributed by atoms with Crippen LogP contribution in [0.3, 0.4) is 0 Å². The summed E-state index contributed by atoms with van der Waals surface area (Å²) in [5, 5.41) is 10.6. The predicted octanol–water partition coefficient (Wildman–Crippen LogP) is 19.7. The number of ether oxygens (including phenoxy) is 4. The number of hydrogen-bond acceptors (Lipinski definition) is 15. The number of rotatable bonds is 69. The summed E-state index contributed by atoms with van der Waals surface area (Å²) in [6.45, 7) is 7.19. The van der Waals surface area contributed by atoms with Gasteiger partial charge in [0.05, 0.1) is 26.4 Å². The maximum Gasteiger partial charge on any atom is 0.472 e. The molecular formula is C69H134O17P2. The third-order valence-corrected chi connectivity index (χ3v) is 18.3. The fourth-order valence-corrected chi connectivity index (χ4v) is 12.0. The Balaban J connectivity index is 5.17. The van der Waals surface area contributed by atoms with Gasteiger partial charge < -0.3 is 33.8 Å². The molecule has 0 rings (SSSR count). The molecule has 19 heteroatoms. The molecule has 0 aliphatic heterocycles. The molecular weight excluding hydrogens is 1160 g/mol. The highest BCUT2D eigenvalue weighted by atomic mass is 31.2. The van der Waals surface area contributed by atoms with E-state index in [9.17, 15) is 43.2 Å². The second-order valence-electron chi connectivity index (χ2n) is 25.2. The number of esters is 4. The normalized spacial score (nSPS) is 14.4.